The summed E-state index contributed by atoms with van der Waals surface area (Å²) >= 11 is 0. The predicted molar refractivity (Wildman–Crippen MR) is 82.4 cm³/mol. The van der Waals surface area contributed by atoms with E-state index >= 15 is 0 Å². The zero-order valence-electron chi connectivity index (χ0n) is 12.0. The fourth-order valence-electron chi connectivity index (χ4n) is 2.48. The van der Waals surface area contributed by atoms with Gasteiger partial charge in [-0.2, -0.15) is 0 Å². The molecule has 1 saturated heterocycles. The molecule has 0 aliphatic carbocycles. The minimum absolute atomic E-state index is 0.0125. The van der Waals surface area contributed by atoms with Crippen LogP contribution in [0, 0.1) is 0 Å². The second-order valence-corrected chi connectivity index (χ2v) is 5.17. The second-order valence-electron chi connectivity index (χ2n) is 5.17. The van der Waals surface area contributed by atoms with Gasteiger partial charge >= 0.3 is 11.8 Å². The largest absolute Gasteiger partial charge is 0.376 e. The highest BCUT2D eigenvalue weighted by atomic mass is 16.5. The molecule has 6 nitrogen and oxygen atoms in total. The van der Waals surface area contributed by atoms with Gasteiger partial charge in [0.05, 0.1) is 17.3 Å². The highest BCUT2D eigenvalue weighted by Gasteiger charge is 2.19. The fraction of sp³-hybridized carbons (Fsp3) is 0.312. The SMILES string of the molecule is O=C(NC[C@@H]1CCCO1)C(=O)Nc1cccc2ncccc12. The summed E-state index contributed by atoms with van der Waals surface area (Å²) in [6, 6.07) is 9.02. The molecule has 0 saturated carbocycles. The molecule has 114 valence electrons. The van der Waals surface area contributed by atoms with Crippen molar-refractivity contribution in [2.75, 3.05) is 18.5 Å². The smallest absolute Gasteiger partial charge is 0.313 e. The van der Waals surface area contributed by atoms with Gasteiger partial charge in [-0.3, -0.25) is 14.6 Å². The summed E-state index contributed by atoms with van der Waals surface area (Å²) < 4.78 is 5.40. The molecular weight excluding hydrogens is 282 g/mol. The van der Waals surface area contributed by atoms with Gasteiger partial charge in [-0.05, 0) is 37.1 Å². The molecule has 1 aromatic heterocycles. The lowest BCUT2D eigenvalue weighted by Crippen LogP contribution is -2.39. The molecule has 2 heterocycles. The summed E-state index contributed by atoms with van der Waals surface area (Å²) in [6.07, 6.45) is 3.60. The van der Waals surface area contributed by atoms with E-state index in [9.17, 15) is 9.59 Å². The molecule has 1 atom stereocenters. The molecule has 1 aliphatic rings. The minimum atomic E-state index is -0.686. The van der Waals surface area contributed by atoms with E-state index in [2.05, 4.69) is 15.6 Å². The Morgan fingerprint density at radius 3 is 2.95 bits per heavy atom. The molecule has 1 aromatic carbocycles. The highest BCUT2D eigenvalue weighted by molar-refractivity contribution is 6.40. The third-order valence-corrected chi connectivity index (χ3v) is 3.61. The van der Waals surface area contributed by atoms with Crippen LogP contribution in [0.3, 0.4) is 0 Å². The fourth-order valence-corrected chi connectivity index (χ4v) is 2.48. The van der Waals surface area contributed by atoms with Crippen molar-refractivity contribution in [1.82, 2.24) is 10.3 Å². The first-order chi connectivity index (χ1) is 10.7. The van der Waals surface area contributed by atoms with Gasteiger partial charge in [0.25, 0.3) is 0 Å². The van der Waals surface area contributed by atoms with Crippen molar-refractivity contribution in [3.05, 3.63) is 36.5 Å². The average molecular weight is 299 g/mol. The Labute approximate surface area is 127 Å². The van der Waals surface area contributed by atoms with E-state index in [-0.39, 0.29) is 6.10 Å². The van der Waals surface area contributed by atoms with E-state index in [0.29, 0.717) is 12.2 Å². The van der Waals surface area contributed by atoms with Crippen molar-refractivity contribution in [1.29, 1.82) is 0 Å². The normalized spacial score (nSPS) is 17.4. The number of ether oxygens (including phenoxy) is 1. The molecule has 2 N–H and O–H groups in total. The molecule has 3 rings (SSSR count). The van der Waals surface area contributed by atoms with Crippen molar-refractivity contribution in [3.63, 3.8) is 0 Å². The summed E-state index contributed by atoms with van der Waals surface area (Å²) in [6.45, 7) is 1.08. The second kappa shape index (κ2) is 6.53. The van der Waals surface area contributed by atoms with E-state index in [1.54, 1.807) is 24.4 Å². The quantitative estimate of drug-likeness (QED) is 0.841. The maximum Gasteiger partial charge on any atom is 0.313 e. The Hall–Kier alpha value is -2.47. The van der Waals surface area contributed by atoms with Crippen LogP contribution in [0.4, 0.5) is 5.69 Å². The number of pyridine rings is 1. The van der Waals surface area contributed by atoms with Crippen LogP contribution < -0.4 is 10.6 Å². The lowest BCUT2D eigenvalue weighted by Gasteiger charge is -2.11. The number of hydrogen-bond acceptors (Lipinski definition) is 4. The van der Waals surface area contributed by atoms with Gasteiger partial charge in [0.2, 0.25) is 0 Å². The summed E-state index contributed by atoms with van der Waals surface area (Å²) in [5.41, 5.74) is 1.34. The van der Waals surface area contributed by atoms with Crippen LogP contribution in [0.2, 0.25) is 0 Å². The number of nitrogens with zero attached hydrogens (tertiary/aromatic N) is 1. The van der Waals surface area contributed by atoms with Crippen LogP contribution in [0.1, 0.15) is 12.8 Å². The maximum atomic E-state index is 12.0. The Morgan fingerprint density at radius 2 is 2.14 bits per heavy atom. The monoisotopic (exact) mass is 299 g/mol. The van der Waals surface area contributed by atoms with Crippen molar-refractivity contribution in [3.8, 4) is 0 Å². The predicted octanol–water partition coefficient (Wildman–Crippen LogP) is 1.47. The minimum Gasteiger partial charge on any atom is -0.376 e. The summed E-state index contributed by atoms with van der Waals surface area (Å²) in [7, 11) is 0. The highest BCUT2D eigenvalue weighted by Crippen LogP contribution is 2.21. The number of amides is 2. The van der Waals surface area contributed by atoms with Crippen LogP contribution in [-0.4, -0.2) is 36.1 Å². The van der Waals surface area contributed by atoms with Crippen LogP contribution >= 0.6 is 0 Å². The summed E-state index contributed by atoms with van der Waals surface area (Å²) in [5, 5.41) is 6.03. The van der Waals surface area contributed by atoms with E-state index in [1.165, 1.54) is 0 Å². The molecule has 0 radical (unpaired) electrons. The lowest BCUT2D eigenvalue weighted by atomic mass is 10.2. The molecule has 1 fully saturated rings. The first-order valence-electron chi connectivity index (χ1n) is 7.28. The van der Waals surface area contributed by atoms with Gasteiger partial charge in [0, 0.05) is 24.7 Å². The van der Waals surface area contributed by atoms with E-state index in [1.807, 2.05) is 12.1 Å². The molecule has 0 unspecified atom stereocenters. The molecule has 6 heteroatoms. The van der Waals surface area contributed by atoms with Crippen molar-refractivity contribution >= 4 is 28.4 Å². The summed E-state index contributed by atoms with van der Waals surface area (Å²) in [5.74, 6) is -1.34. The number of anilines is 1. The van der Waals surface area contributed by atoms with Crippen molar-refractivity contribution in [2.45, 2.75) is 18.9 Å². The number of aromatic nitrogens is 1. The van der Waals surface area contributed by atoms with Gasteiger partial charge in [-0.1, -0.05) is 6.07 Å². The van der Waals surface area contributed by atoms with Crippen LogP contribution in [-0.2, 0) is 14.3 Å². The molecule has 2 amide bonds. The van der Waals surface area contributed by atoms with Gasteiger partial charge < -0.3 is 15.4 Å². The molecule has 0 bridgehead atoms. The molecule has 22 heavy (non-hydrogen) atoms. The Bertz CT molecular complexity index is 691. The topological polar surface area (TPSA) is 80.3 Å². The van der Waals surface area contributed by atoms with Gasteiger partial charge in [-0.25, -0.2) is 0 Å². The number of benzene rings is 1. The number of carbonyl (C=O) groups is 2. The van der Waals surface area contributed by atoms with Crippen LogP contribution in [0.25, 0.3) is 10.9 Å². The molecule has 0 spiro atoms. The first kappa shape index (κ1) is 14.5. The maximum absolute atomic E-state index is 12.0. The zero-order chi connectivity index (χ0) is 15.4. The lowest BCUT2D eigenvalue weighted by molar-refractivity contribution is -0.136. The molecule has 2 aromatic rings. The summed E-state index contributed by atoms with van der Waals surface area (Å²) in [4.78, 5) is 28.0. The van der Waals surface area contributed by atoms with Gasteiger partial charge in [0.15, 0.2) is 0 Å². The van der Waals surface area contributed by atoms with E-state index < -0.39 is 11.8 Å². The first-order valence-corrected chi connectivity index (χ1v) is 7.28. The number of fused-ring (bicyclic) bond motifs is 1. The van der Waals surface area contributed by atoms with E-state index in [4.69, 9.17) is 4.74 Å². The van der Waals surface area contributed by atoms with Crippen molar-refractivity contribution in [2.24, 2.45) is 0 Å². The third kappa shape index (κ3) is 3.23. The number of rotatable bonds is 3. The average Bonchev–Trinajstić information content (AvgIpc) is 3.06. The van der Waals surface area contributed by atoms with Crippen molar-refractivity contribution < 1.29 is 14.3 Å². The van der Waals surface area contributed by atoms with Crippen LogP contribution in [0.5, 0.6) is 0 Å². The van der Waals surface area contributed by atoms with E-state index in [0.717, 1.165) is 30.4 Å². The number of nitrogens with one attached hydrogen (secondary N) is 2. The number of hydrogen-bond donors (Lipinski definition) is 2. The number of carbonyl (C=O) groups excluding carboxylic acids is 2. The van der Waals surface area contributed by atoms with Gasteiger partial charge in [0.1, 0.15) is 0 Å². The van der Waals surface area contributed by atoms with Gasteiger partial charge in [-0.15, -0.1) is 0 Å². The standard InChI is InChI=1S/C16H17N3O3/c20-15(18-10-11-4-3-9-22-11)16(21)19-14-7-1-6-13-12(14)5-2-8-17-13/h1-2,5-8,11H,3-4,9-10H2,(H,18,20)(H,19,21)/t11-/m0/s1. The third-order valence-electron chi connectivity index (χ3n) is 3.61. The van der Waals surface area contributed by atoms with Crippen LogP contribution in [0.15, 0.2) is 36.5 Å². The molecular formula is C16H17N3O3. The Morgan fingerprint density at radius 1 is 1.23 bits per heavy atom. The molecule has 1 aliphatic heterocycles. The zero-order valence-corrected chi connectivity index (χ0v) is 12.0. The Balaban J connectivity index is 1.63. The Kier molecular flexibility index (Phi) is 4.29.